The van der Waals surface area contributed by atoms with Gasteiger partial charge in [0, 0.05) is 35.3 Å². The lowest BCUT2D eigenvalue weighted by Gasteiger charge is -2.25. The Kier molecular flexibility index (Phi) is 5.29. The third-order valence-electron chi connectivity index (χ3n) is 4.36. The Labute approximate surface area is 159 Å². The molecule has 1 amide bonds. The minimum Gasteiger partial charge on any atom is -0.465 e. The molecule has 134 valence electrons. The van der Waals surface area contributed by atoms with Crippen LogP contribution in [-0.2, 0) is 0 Å². The second kappa shape index (κ2) is 7.81. The molecular formula is C23H20N2O2. The minimum absolute atomic E-state index is 0.472. The molecule has 2 aromatic carbocycles. The van der Waals surface area contributed by atoms with Gasteiger partial charge in [-0.25, -0.2) is 4.79 Å². The summed E-state index contributed by atoms with van der Waals surface area (Å²) in [6, 6.07) is 11.6. The molecule has 1 N–H and O–H groups in total. The molecule has 2 aromatic rings. The lowest BCUT2D eigenvalue weighted by Crippen LogP contribution is -2.40. The van der Waals surface area contributed by atoms with Crippen LogP contribution in [0, 0.1) is 38.0 Å². The highest BCUT2D eigenvalue weighted by atomic mass is 16.4. The molecule has 4 nitrogen and oxygen atoms in total. The van der Waals surface area contributed by atoms with Crippen molar-refractivity contribution in [3.63, 3.8) is 0 Å². The molecule has 0 saturated heterocycles. The average molecular weight is 356 g/mol. The van der Waals surface area contributed by atoms with Crippen molar-refractivity contribution in [1.82, 2.24) is 4.90 Å². The van der Waals surface area contributed by atoms with Gasteiger partial charge in [-0.15, -0.1) is 6.42 Å². The molecule has 0 unspecified atom stereocenters. The Balaban J connectivity index is 1.91. The number of hydrogen-bond donors (Lipinski definition) is 1. The summed E-state index contributed by atoms with van der Waals surface area (Å²) in [7, 11) is 0. The third-order valence-corrected chi connectivity index (χ3v) is 4.36. The summed E-state index contributed by atoms with van der Waals surface area (Å²) in [6.45, 7) is 5.07. The van der Waals surface area contributed by atoms with E-state index < -0.39 is 6.09 Å². The van der Waals surface area contributed by atoms with Gasteiger partial charge >= 0.3 is 6.09 Å². The summed E-state index contributed by atoms with van der Waals surface area (Å²) >= 11 is 0. The maximum absolute atomic E-state index is 11.4. The number of amides is 1. The van der Waals surface area contributed by atoms with Crippen LogP contribution in [0.25, 0.3) is 0 Å². The van der Waals surface area contributed by atoms with Gasteiger partial charge in [0.25, 0.3) is 0 Å². The van der Waals surface area contributed by atoms with Gasteiger partial charge in [0.2, 0.25) is 0 Å². The van der Waals surface area contributed by atoms with Crippen LogP contribution in [0.1, 0.15) is 39.8 Å². The Morgan fingerprint density at radius 2 is 1.93 bits per heavy atom. The molecule has 0 spiro atoms. The van der Waals surface area contributed by atoms with Crippen LogP contribution in [0.5, 0.6) is 0 Å². The molecule has 0 fully saturated rings. The van der Waals surface area contributed by atoms with Crippen LogP contribution in [-0.4, -0.2) is 35.0 Å². The first-order valence-electron chi connectivity index (χ1n) is 8.74. The maximum Gasteiger partial charge on any atom is 0.413 e. The quantitative estimate of drug-likeness (QED) is 0.790. The van der Waals surface area contributed by atoms with Crippen LogP contribution in [0.3, 0.4) is 0 Å². The number of terminal acetylenes is 1. The molecule has 0 bridgehead atoms. The SMILES string of the molecule is C#Cc1cc(C)cc(C#Cc2ccc(C3=NCCCN3C(=O)O)cc2C)c1. The van der Waals surface area contributed by atoms with E-state index in [2.05, 4.69) is 22.8 Å². The molecule has 0 aromatic heterocycles. The molecular weight excluding hydrogens is 336 g/mol. The van der Waals surface area contributed by atoms with E-state index in [1.165, 1.54) is 4.90 Å². The van der Waals surface area contributed by atoms with E-state index in [-0.39, 0.29) is 0 Å². The highest BCUT2D eigenvalue weighted by Crippen LogP contribution is 2.16. The minimum atomic E-state index is -0.973. The number of nitrogens with zero attached hydrogens (tertiary/aromatic N) is 2. The van der Waals surface area contributed by atoms with E-state index in [0.717, 1.165) is 39.8 Å². The Morgan fingerprint density at radius 3 is 2.63 bits per heavy atom. The van der Waals surface area contributed by atoms with Gasteiger partial charge in [-0.1, -0.05) is 23.8 Å². The van der Waals surface area contributed by atoms with Gasteiger partial charge < -0.3 is 5.11 Å². The summed E-state index contributed by atoms with van der Waals surface area (Å²) in [4.78, 5) is 17.1. The number of hydrogen-bond acceptors (Lipinski definition) is 2. The predicted molar refractivity (Wildman–Crippen MR) is 107 cm³/mol. The molecule has 1 aliphatic rings. The van der Waals surface area contributed by atoms with Crippen molar-refractivity contribution >= 4 is 11.9 Å². The number of aliphatic imine (C=N–C) groups is 1. The number of aryl methyl sites for hydroxylation is 2. The largest absolute Gasteiger partial charge is 0.465 e. The van der Waals surface area contributed by atoms with E-state index in [9.17, 15) is 9.90 Å². The van der Waals surface area contributed by atoms with Gasteiger partial charge in [-0.05, 0) is 61.7 Å². The van der Waals surface area contributed by atoms with Crippen molar-refractivity contribution in [2.24, 2.45) is 4.99 Å². The van der Waals surface area contributed by atoms with Crippen LogP contribution in [0.2, 0.25) is 0 Å². The fourth-order valence-corrected chi connectivity index (χ4v) is 3.06. The Hall–Kier alpha value is -3.50. The van der Waals surface area contributed by atoms with Crippen LogP contribution in [0.15, 0.2) is 41.4 Å². The van der Waals surface area contributed by atoms with E-state index in [4.69, 9.17) is 6.42 Å². The molecule has 27 heavy (non-hydrogen) atoms. The van der Waals surface area contributed by atoms with Crippen LogP contribution >= 0.6 is 0 Å². The van der Waals surface area contributed by atoms with Crippen molar-refractivity contribution in [3.8, 4) is 24.2 Å². The smallest absolute Gasteiger partial charge is 0.413 e. The van der Waals surface area contributed by atoms with Gasteiger partial charge in [0.1, 0.15) is 5.84 Å². The molecule has 1 aliphatic heterocycles. The van der Waals surface area contributed by atoms with E-state index in [0.29, 0.717) is 18.9 Å². The zero-order chi connectivity index (χ0) is 19.4. The number of benzene rings is 2. The number of rotatable bonds is 1. The van der Waals surface area contributed by atoms with Gasteiger partial charge in [-0.2, -0.15) is 0 Å². The molecule has 4 heteroatoms. The molecule has 3 rings (SSSR count). The van der Waals surface area contributed by atoms with Gasteiger partial charge in [-0.3, -0.25) is 9.89 Å². The molecule has 0 saturated carbocycles. The number of carboxylic acid groups (broad SMARTS) is 1. The van der Waals surface area contributed by atoms with Crippen molar-refractivity contribution in [1.29, 1.82) is 0 Å². The second-order valence-corrected chi connectivity index (χ2v) is 6.50. The molecule has 1 heterocycles. The summed E-state index contributed by atoms with van der Waals surface area (Å²) in [6.07, 6.45) is 5.25. The zero-order valence-corrected chi connectivity index (χ0v) is 15.4. The third kappa shape index (κ3) is 4.19. The standard InChI is InChI=1S/C23H20N2O2/c1-4-18-12-16(2)13-19(15-18)6-7-20-8-9-21(14-17(20)3)22-24-10-5-11-25(22)23(26)27/h1,8-9,12-15H,5,10-11H2,2-3H3,(H,26,27). The van der Waals surface area contributed by atoms with Crippen LogP contribution in [0.4, 0.5) is 4.79 Å². The van der Waals surface area contributed by atoms with Gasteiger partial charge in [0.15, 0.2) is 0 Å². The van der Waals surface area contributed by atoms with E-state index >= 15 is 0 Å². The van der Waals surface area contributed by atoms with Crippen molar-refractivity contribution in [3.05, 3.63) is 69.8 Å². The van der Waals surface area contributed by atoms with Crippen molar-refractivity contribution < 1.29 is 9.90 Å². The van der Waals surface area contributed by atoms with Crippen molar-refractivity contribution in [2.45, 2.75) is 20.3 Å². The summed E-state index contributed by atoms with van der Waals surface area (Å²) in [5.74, 6) is 9.50. The van der Waals surface area contributed by atoms with E-state index in [1.807, 2.05) is 50.2 Å². The highest BCUT2D eigenvalue weighted by Gasteiger charge is 2.22. The average Bonchev–Trinajstić information content (AvgIpc) is 2.66. The van der Waals surface area contributed by atoms with E-state index in [1.54, 1.807) is 0 Å². The monoisotopic (exact) mass is 356 g/mol. The first-order chi connectivity index (χ1) is 13.0. The zero-order valence-electron chi connectivity index (χ0n) is 15.4. The maximum atomic E-state index is 11.4. The van der Waals surface area contributed by atoms with Crippen LogP contribution < -0.4 is 0 Å². The first-order valence-corrected chi connectivity index (χ1v) is 8.74. The second-order valence-electron chi connectivity index (χ2n) is 6.50. The normalized spacial score (nSPS) is 13.2. The first kappa shape index (κ1) is 18.3. The Morgan fingerprint density at radius 1 is 1.15 bits per heavy atom. The summed E-state index contributed by atoms with van der Waals surface area (Å²) < 4.78 is 0. The lowest BCUT2D eigenvalue weighted by atomic mass is 10.0. The highest BCUT2D eigenvalue weighted by molar-refractivity contribution is 6.06. The fourth-order valence-electron chi connectivity index (χ4n) is 3.06. The lowest BCUT2D eigenvalue weighted by molar-refractivity contribution is 0.167. The van der Waals surface area contributed by atoms with Crippen molar-refractivity contribution in [2.75, 3.05) is 13.1 Å². The predicted octanol–water partition coefficient (Wildman–Crippen LogP) is 3.81. The summed E-state index contributed by atoms with van der Waals surface area (Å²) in [5, 5.41) is 9.38. The van der Waals surface area contributed by atoms with Gasteiger partial charge in [0.05, 0.1) is 0 Å². The number of amidine groups is 1. The Bertz CT molecular complexity index is 1030. The molecule has 0 radical (unpaired) electrons. The number of carbonyl (C=O) groups is 1. The fraction of sp³-hybridized carbons (Fsp3) is 0.217. The topological polar surface area (TPSA) is 52.9 Å². The molecule has 0 atom stereocenters. The summed E-state index contributed by atoms with van der Waals surface area (Å²) in [5.41, 5.74) is 5.43. The molecule has 0 aliphatic carbocycles.